The van der Waals surface area contributed by atoms with Gasteiger partial charge in [-0.3, -0.25) is 4.79 Å². The van der Waals surface area contributed by atoms with Crippen LogP contribution in [0.3, 0.4) is 0 Å². The summed E-state index contributed by atoms with van der Waals surface area (Å²) in [5, 5.41) is 3.54. The topological polar surface area (TPSA) is 67.9 Å². The largest absolute Gasteiger partial charge is 0.447 e. The molecule has 1 aliphatic carbocycles. The van der Waals surface area contributed by atoms with E-state index in [0.717, 1.165) is 16.1 Å². The van der Waals surface area contributed by atoms with Crippen molar-refractivity contribution < 1.29 is 19.1 Å². The van der Waals surface area contributed by atoms with Gasteiger partial charge in [-0.05, 0) is 43.0 Å². The Morgan fingerprint density at radius 3 is 2.84 bits per heavy atom. The summed E-state index contributed by atoms with van der Waals surface area (Å²) in [6, 6.07) is 5.77. The van der Waals surface area contributed by atoms with Crippen LogP contribution in [-0.4, -0.2) is 48.2 Å². The molecule has 1 aromatic rings. The van der Waals surface area contributed by atoms with Gasteiger partial charge in [0.2, 0.25) is 5.91 Å². The molecule has 1 saturated carbocycles. The number of hydrogen-bond acceptors (Lipinski definition) is 4. The van der Waals surface area contributed by atoms with Gasteiger partial charge in [0, 0.05) is 24.0 Å². The SMILES string of the molecule is Cc1cc(Cl)ccc1COC1CN(C(=O)C2CC3(COC(=O)N3)C2)C1. The van der Waals surface area contributed by atoms with Crippen LogP contribution in [0.1, 0.15) is 24.0 Å². The Balaban J connectivity index is 1.20. The first-order chi connectivity index (χ1) is 11.9. The van der Waals surface area contributed by atoms with Crippen molar-refractivity contribution in [3.63, 3.8) is 0 Å². The summed E-state index contributed by atoms with van der Waals surface area (Å²) < 4.78 is 10.8. The lowest BCUT2D eigenvalue weighted by molar-refractivity contribution is -0.155. The molecule has 25 heavy (non-hydrogen) atoms. The Bertz CT molecular complexity index is 711. The second-order valence-corrected chi connectivity index (χ2v) is 7.77. The smallest absolute Gasteiger partial charge is 0.407 e. The molecule has 2 aliphatic heterocycles. The summed E-state index contributed by atoms with van der Waals surface area (Å²) in [7, 11) is 0. The average Bonchev–Trinajstić information content (AvgIpc) is 2.88. The van der Waals surface area contributed by atoms with Crippen molar-refractivity contribution in [1.82, 2.24) is 10.2 Å². The number of nitrogens with zero attached hydrogens (tertiary/aromatic N) is 1. The Kier molecular flexibility index (Phi) is 4.12. The molecule has 134 valence electrons. The van der Waals surface area contributed by atoms with E-state index < -0.39 is 0 Å². The molecule has 0 bridgehead atoms. The van der Waals surface area contributed by atoms with Gasteiger partial charge in [0.1, 0.15) is 6.61 Å². The minimum absolute atomic E-state index is 0.0125. The van der Waals surface area contributed by atoms with Gasteiger partial charge in [-0.25, -0.2) is 4.79 Å². The van der Waals surface area contributed by atoms with Crippen molar-refractivity contribution >= 4 is 23.6 Å². The molecule has 1 spiro atoms. The monoisotopic (exact) mass is 364 g/mol. The highest BCUT2D eigenvalue weighted by atomic mass is 35.5. The zero-order valence-corrected chi connectivity index (χ0v) is 14.8. The predicted molar refractivity (Wildman–Crippen MR) is 91.3 cm³/mol. The zero-order chi connectivity index (χ0) is 17.6. The van der Waals surface area contributed by atoms with E-state index in [4.69, 9.17) is 21.1 Å². The van der Waals surface area contributed by atoms with E-state index in [9.17, 15) is 9.59 Å². The first kappa shape index (κ1) is 16.7. The van der Waals surface area contributed by atoms with Gasteiger partial charge >= 0.3 is 6.09 Å². The Morgan fingerprint density at radius 2 is 2.20 bits per heavy atom. The molecule has 0 radical (unpaired) electrons. The summed E-state index contributed by atoms with van der Waals surface area (Å²) in [5.41, 5.74) is 1.93. The number of likely N-dealkylation sites (tertiary alicyclic amines) is 1. The minimum atomic E-state index is -0.374. The van der Waals surface area contributed by atoms with E-state index in [1.54, 1.807) is 0 Å². The molecule has 1 N–H and O–H groups in total. The Morgan fingerprint density at radius 1 is 1.44 bits per heavy atom. The minimum Gasteiger partial charge on any atom is -0.447 e. The maximum Gasteiger partial charge on any atom is 0.407 e. The van der Waals surface area contributed by atoms with Crippen molar-refractivity contribution in [3.8, 4) is 0 Å². The molecule has 2 saturated heterocycles. The molecular weight excluding hydrogens is 344 g/mol. The molecule has 2 heterocycles. The number of amides is 2. The standard InChI is InChI=1S/C18H21ClN2O4/c1-11-4-14(19)3-2-12(11)9-24-15-7-21(8-15)16(22)13-5-18(6-13)10-25-17(23)20-18/h2-4,13,15H,5-10H2,1H3,(H,20,23). The van der Waals surface area contributed by atoms with Gasteiger partial charge < -0.3 is 19.7 Å². The third kappa shape index (κ3) is 3.20. The molecule has 7 heteroatoms. The molecule has 4 rings (SSSR count). The van der Waals surface area contributed by atoms with E-state index in [-0.39, 0.29) is 29.6 Å². The molecule has 2 amide bonds. The molecule has 3 aliphatic rings. The van der Waals surface area contributed by atoms with Gasteiger partial charge in [0.15, 0.2) is 0 Å². The summed E-state index contributed by atoms with van der Waals surface area (Å²) in [6.45, 7) is 4.20. The van der Waals surface area contributed by atoms with Gasteiger partial charge in [0.25, 0.3) is 0 Å². The fourth-order valence-electron chi connectivity index (χ4n) is 3.78. The van der Waals surface area contributed by atoms with Crippen LogP contribution in [0.25, 0.3) is 0 Å². The van der Waals surface area contributed by atoms with Crippen LogP contribution in [0.2, 0.25) is 5.02 Å². The normalized spacial score (nSPS) is 28.3. The number of hydrogen-bond donors (Lipinski definition) is 1. The van der Waals surface area contributed by atoms with E-state index in [2.05, 4.69) is 5.32 Å². The number of aryl methyl sites for hydroxylation is 1. The number of carbonyl (C=O) groups excluding carboxylic acids is 2. The van der Waals surface area contributed by atoms with Crippen LogP contribution >= 0.6 is 11.6 Å². The van der Waals surface area contributed by atoms with Gasteiger partial charge in [-0.2, -0.15) is 0 Å². The number of halogens is 1. The summed E-state index contributed by atoms with van der Waals surface area (Å²) in [6.07, 6.45) is 1.05. The van der Waals surface area contributed by atoms with Crippen molar-refractivity contribution in [1.29, 1.82) is 0 Å². The predicted octanol–water partition coefficient (Wildman–Crippen LogP) is 2.26. The van der Waals surface area contributed by atoms with E-state index in [1.807, 2.05) is 30.0 Å². The first-order valence-electron chi connectivity index (χ1n) is 8.54. The summed E-state index contributed by atoms with van der Waals surface area (Å²) in [4.78, 5) is 25.4. The highest BCUT2D eigenvalue weighted by Gasteiger charge is 2.54. The summed E-state index contributed by atoms with van der Waals surface area (Å²) in [5.74, 6) is 0.149. The highest BCUT2D eigenvalue weighted by molar-refractivity contribution is 6.30. The number of carbonyl (C=O) groups is 2. The van der Waals surface area contributed by atoms with Gasteiger partial charge in [0.05, 0.1) is 18.2 Å². The quantitative estimate of drug-likeness (QED) is 0.889. The van der Waals surface area contributed by atoms with Crippen LogP contribution in [-0.2, 0) is 20.9 Å². The molecule has 6 nitrogen and oxygen atoms in total. The van der Waals surface area contributed by atoms with Crippen molar-refractivity contribution in [2.75, 3.05) is 19.7 Å². The molecule has 1 aromatic carbocycles. The second-order valence-electron chi connectivity index (χ2n) is 7.33. The van der Waals surface area contributed by atoms with E-state index >= 15 is 0 Å². The third-order valence-corrected chi connectivity index (χ3v) is 5.64. The van der Waals surface area contributed by atoms with Gasteiger partial charge in [-0.1, -0.05) is 17.7 Å². The lowest BCUT2D eigenvalue weighted by atomic mass is 9.68. The zero-order valence-electron chi connectivity index (χ0n) is 14.1. The van der Waals surface area contributed by atoms with Crippen LogP contribution in [0.4, 0.5) is 4.79 Å². The number of ether oxygens (including phenoxy) is 2. The van der Waals surface area contributed by atoms with E-state index in [1.165, 1.54) is 0 Å². The highest BCUT2D eigenvalue weighted by Crippen LogP contribution is 2.42. The number of rotatable bonds is 4. The molecular formula is C18H21ClN2O4. The number of alkyl carbamates (subject to hydrolysis) is 1. The molecule has 0 unspecified atom stereocenters. The fraction of sp³-hybridized carbons (Fsp3) is 0.556. The molecule has 3 fully saturated rings. The Hall–Kier alpha value is -1.79. The molecule has 0 atom stereocenters. The number of benzene rings is 1. The third-order valence-electron chi connectivity index (χ3n) is 5.41. The van der Waals surface area contributed by atoms with Crippen LogP contribution in [0.5, 0.6) is 0 Å². The lowest BCUT2D eigenvalue weighted by Crippen LogP contribution is -2.62. The van der Waals surface area contributed by atoms with Crippen molar-refractivity contribution in [2.45, 2.75) is 38.0 Å². The van der Waals surface area contributed by atoms with Crippen molar-refractivity contribution in [2.24, 2.45) is 5.92 Å². The van der Waals surface area contributed by atoms with E-state index in [0.29, 0.717) is 39.1 Å². The fourth-order valence-corrected chi connectivity index (χ4v) is 4.01. The van der Waals surface area contributed by atoms with Crippen molar-refractivity contribution in [3.05, 3.63) is 34.3 Å². The summed E-state index contributed by atoms with van der Waals surface area (Å²) >= 11 is 5.96. The number of nitrogens with one attached hydrogen (secondary N) is 1. The first-order valence-corrected chi connectivity index (χ1v) is 8.92. The second kappa shape index (κ2) is 6.18. The van der Waals surface area contributed by atoms with Crippen LogP contribution in [0, 0.1) is 12.8 Å². The lowest BCUT2D eigenvalue weighted by Gasteiger charge is -2.47. The average molecular weight is 365 g/mol. The maximum atomic E-state index is 12.4. The van der Waals surface area contributed by atoms with Crippen LogP contribution < -0.4 is 5.32 Å². The maximum absolute atomic E-state index is 12.4. The molecule has 0 aromatic heterocycles. The van der Waals surface area contributed by atoms with Gasteiger partial charge in [-0.15, -0.1) is 0 Å². The van der Waals surface area contributed by atoms with Crippen LogP contribution in [0.15, 0.2) is 18.2 Å². The Labute approximate surface area is 151 Å². The number of cyclic esters (lactones) is 1.